The lowest BCUT2D eigenvalue weighted by atomic mass is 10.5. The lowest BCUT2D eigenvalue weighted by Gasteiger charge is -1.76. The maximum Gasteiger partial charge on any atom is 0.137 e. The largest absolute Gasteiger partial charge is 0.243 e. The van der Waals surface area contributed by atoms with Gasteiger partial charge in [0.25, 0.3) is 0 Å². The summed E-state index contributed by atoms with van der Waals surface area (Å²) in [4.78, 5) is 3.71. The highest BCUT2D eigenvalue weighted by Crippen LogP contribution is 1.74. The molecule has 3 heteroatoms. The van der Waals surface area contributed by atoms with Crippen LogP contribution in [-0.4, -0.2) is 18.8 Å². The summed E-state index contributed by atoms with van der Waals surface area (Å²) in [6, 6.07) is 0. The van der Waals surface area contributed by atoms with Crippen LogP contribution in [0.5, 0.6) is 0 Å². The van der Waals surface area contributed by atoms with Crippen LogP contribution in [0.25, 0.3) is 0 Å². The molecular formula is C5H5N3. The zero-order valence-corrected chi connectivity index (χ0v) is 4.23. The second kappa shape index (κ2) is 2.85. The van der Waals surface area contributed by atoms with Crippen LogP contribution < -0.4 is 0 Å². The summed E-state index contributed by atoms with van der Waals surface area (Å²) in [6.45, 7) is 0. The Morgan fingerprint density at radius 3 is 2.75 bits per heavy atom. The van der Waals surface area contributed by atoms with Crippen molar-refractivity contribution in [3.63, 3.8) is 0 Å². The van der Waals surface area contributed by atoms with Crippen molar-refractivity contribution in [3.05, 3.63) is 12.2 Å². The minimum Gasteiger partial charge on any atom is -0.243 e. The van der Waals surface area contributed by atoms with Gasteiger partial charge in [0.05, 0.1) is 0 Å². The maximum absolute atomic E-state index is 3.71. The fourth-order valence-electron chi connectivity index (χ4n) is 0.324. The van der Waals surface area contributed by atoms with Gasteiger partial charge in [-0.05, 0) is 12.2 Å². The van der Waals surface area contributed by atoms with E-state index in [0.717, 1.165) is 0 Å². The van der Waals surface area contributed by atoms with E-state index in [4.69, 9.17) is 0 Å². The average molecular weight is 107 g/mol. The molecule has 1 aliphatic rings. The Hall–Kier alpha value is -1.25. The Bertz CT molecular complexity index is 109. The molecule has 3 nitrogen and oxygen atoms in total. The number of rotatable bonds is 0. The van der Waals surface area contributed by atoms with Crippen molar-refractivity contribution in [1.29, 1.82) is 0 Å². The first-order chi connectivity index (χ1) is 4.00. The minimum atomic E-state index is 1.39. The van der Waals surface area contributed by atoms with Gasteiger partial charge in [0.2, 0.25) is 0 Å². The van der Waals surface area contributed by atoms with Crippen molar-refractivity contribution in [2.45, 2.75) is 0 Å². The average Bonchev–Trinajstić information content (AvgIpc) is 1.62. The monoisotopic (exact) mass is 107 g/mol. The van der Waals surface area contributed by atoms with Crippen molar-refractivity contribution in [2.24, 2.45) is 15.2 Å². The number of hydrogen-bond acceptors (Lipinski definition) is 3. The molecule has 0 bridgehead atoms. The summed E-state index contributed by atoms with van der Waals surface area (Å²) in [5.41, 5.74) is 0. The predicted octanol–water partition coefficient (Wildman–Crippen LogP) is 0.641. The molecule has 0 saturated carbocycles. The fraction of sp³-hybridized carbons (Fsp3) is 0. The Labute approximate surface area is 47.2 Å². The fourth-order valence-corrected chi connectivity index (χ4v) is 0.324. The Balaban J connectivity index is 2.67. The predicted molar refractivity (Wildman–Crippen MR) is 34.6 cm³/mol. The second-order valence-electron chi connectivity index (χ2n) is 1.18. The highest BCUT2D eigenvalue weighted by atomic mass is 15.2. The molecule has 0 unspecified atom stereocenters. The molecule has 0 radical (unpaired) electrons. The molecule has 1 rings (SSSR count). The van der Waals surface area contributed by atoms with Gasteiger partial charge in [0.15, 0.2) is 0 Å². The summed E-state index contributed by atoms with van der Waals surface area (Å²) in [5.74, 6) is 0. The van der Waals surface area contributed by atoms with Crippen LogP contribution in [0.1, 0.15) is 0 Å². The van der Waals surface area contributed by atoms with E-state index in [2.05, 4.69) is 15.2 Å². The molecule has 0 amide bonds. The van der Waals surface area contributed by atoms with Gasteiger partial charge in [-0.25, -0.2) is 4.99 Å². The van der Waals surface area contributed by atoms with Crippen molar-refractivity contribution in [2.75, 3.05) is 0 Å². The molecule has 0 aromatic carbocycles. The van der Waals surface area contributed by atoms with Crippen molar-refractivity contribution < 1.29 is 0 Å². The molecule has 0 spiro atoms. The topological polar surface area (TPSA) is 37.1 Å². The van der Waals surface area contributed by atoms with Crippen LogP contribution in [0.3, 0.4) is 0 Å². The van der Waals surface area contributed by atoms with Gasteiger partial charge in [-0.2, -0.15) is 5.10 Å². The third kappa shape index (κ3) is 1.47. The van der Waals surface area contributed by atoms with Gasteiger partial charge in [-0.15, -0.1) is 5.10 Å². The standard InChI is InChI=1S/C5H5N3/c1-2-4-7-8-5-6-3-1/h1-5H/b2-1?,3-1?,4-2?,6-3?,6-5?,7-4-,8-5-,8-7?. The molecule has 0 saturated heterocycles. The van der Waals surface area contributed by atoms with Crippen LogP contribution >= 0.6 is 0 Å². The number of nitrogens with zero attached hydrogens (tertiary/aromatic N) is 3. The molecule has 1 heterocycles. The normalized spacial score (nSPS) is 24.0. The summed E-state index contributed by atoms with van der Waals surface area (Å²) in [6.07, 6.45) is 8.19. The third-order valence-corrected chi connectivity index (χ3v) is 0.621. The van der Waals surface area contributed by atoms with E-state index in [0.29, 0.717) is 0 Å². The van der Waals surface area contributed by atoms with Gasteiger partial charge in [-0.1, -0.05) is 0 Å². The van der Waals surface area contributed by atoms with E-state index in [1.165, 1.54) is 6.34 Å². The van der Waals surface area contributed by atoms with E-state index in [-0.39, 0.29) is 0 Å². The molecule has 0 fully saturated rings. The molecule has 1 aliphatic heterocycles. The third-order valence-electron chi connectivity index (χ3n) is 0.621. The van der Waals surface area contributed by atoms with Crippen LogP contribution in [0.4, 0.5) is 0 Å². The van der Waals surface area contributed by atoms with Crippen molar-refractivity contribution in [1.82, 2.24) is 0 Å². The van der Waals surface area contributed by atoms with E-state index < -0.39 is 0 Å². The molecule has 0 aliphatic carbocycles. The van der Waals surface area contributed by atoms with Gasteiger partial charge < -0.3 is 0 Å². The van der Waals surface area contributed by atoms with Crippen LogP contribution in [-0.2, 0) is 0 Å². The lowest BCUT2D eigenvalue weighted by molar-refractivity contribution is 1.26. The van der Waals surface area contributed by atoms with E-state index in [9.17, 15) is 0 Å². The van der Waals surface area contributed by atoms with E-state index in [1.54, 1.807) is 24.6 Å². The first-order valence-electron chi connectivity index (χ1n) is 2.23. The summed E-state index contributed by atoms with van der Waals surface area (Å²) >= 11 is 0. The summed E-state index contributed by atoms with van der Waals surface area (Å²) in [7, 11) is 0. The lowest BCUT2D eigenvalue weighted by Crippen LogP contribution is -1.72. The molecule has 0 atom stereocenters. The minimum absolute atomic E-state index is 1.39. The van der Waals surface area contributed by atoms with Crippen LogP contribution in [0, 0.1) is 0 Å². The molecule has 40 valence electrons. The maximum atomic E-state index is 3.71. The first-order valence-corrected chi connectivity index (χ1v) is 2.23. The molecular weight excluding hydrogens is 102 g/mol. The van der Waals surface area contributed by atoms with E-state index >= 15 is 0 Å². The first kappa shape index (κ1) is 4.90. The summed E-state index contributed by atoms with van der Waals surface area (Å²) < 4.78 is 0. The second-order valence-corrected chi connectivity index (χ2v) is 1.18. The Morgan fingerprint density at radius 1 is 0.875 bits per heavy atom. The highest BCUT2D eigenvalue weighted by Gasteiger charge is 1.67. The van der Waals surface area contributed by atoms with Gasteiger partial charge >= 0.3 is 0 Å². The molecule has 0 aromatic heterocycles. The highest BCUT2D eigenvalue weighted by molar-refractivity contribution is 5.86. The smallest absolute Gasteiger partial charge is 0.137 e. The van der Waals surface area contributed by atoms with Crippen LogP contribution in [0.2, 0.25) is 0 Å². The Kier molecular flexibility index (Phi) is 1.74. The Morgan fingerprint density at radius 2 is 1.75 bits per heavy atom. The molecule has 0 aromatic rings. The van der Waals surface area contributed by atoms with Crippen LogP contribution in [0.15, 0.2) is 27.3 Å². The van der Waals surface area contributed by atoms with Crippen molar-refractivity contribution in [3.8, 4) is 0 Å². The van der Waals surface area contributed by atoms with Gasteiger partial charge in [-0.3, -0.25) is 0 Å². The zero-order chi connectivity index (χ0) is 5.66. The molecule has 8 heavy (non-hydrogen) atoms. The number of hydrogen-bond donors (Lipinski definition) is 0. The number of aliphatic imine (C=N–C) groups is 1. The quantitative estimate of drug-likeness (QED) is 0.435. The summed E-state index contributed by atoms with van der Waals surface area (Å²) in [5, 5.41) is 7.10. The van der Waals surface area contributed by atoms with Gasteiger partial charge in [0.1, 0.15) is 6.34 Å². The zero-order valence-electron chi connectivity index (χ0n) is 4.23. The molecule has 0 N–H and O–H groups in total. The SMILES string of the molecule is C1=C/C=N\N=C/N=C1. The van der Waals surface area contributed by atoms with E-state index in [1.807, 2.05) is 0 Å². The number of allylic oxidation sites excluding steroid dienone is 2. The van der Waals surface area contributed by atoms with Crippen molar-refractivity contribution >= 4 is 18.8 Å². The van der Waals surface area contributed by atoms with Gasteiger partial charge in [0, 0.05) is 12.4 Å².